The zero-order chi connectivity index (χ0) is 13.4. The molecule has 2 rings (SSSR count). The van der Waals surface area contributed by atoms with Gasteiger partial charge in [-0.15, -0.1) is 0 Å². The molecule has 0 amide bonds. The molecule has 0 bridgehead atoms. The SMILES string of the molecule is Cc1c(C(=O)O)c(=O)n(-c2ccc(F)cc2)n1C. The van der Waals surface area contributed by atoms with E-state index in [4.69, 9.17) is 5.11 Å². The average molecular weight is 250 g/mol. The summed E-state index contributed by atoms with van der Waals surface area (Å²) in [6.45, 7) is 1.55. The van der Waals surface area contributed by atoms with E-state index >= 15 is 0 Å². The minimum atomic E-state index is -1.27. The monoisotopic (exact) mass is 250 g/mol. The molecule has 1 aromatic heterocycles. The summed E-state index contributed by atoms with van der Waals surface area (Å²) in [7, 11) is 1.58. The third-order valence-corrected chi connectivity index (χ3v) is 2.84. The van der Waals surface area contributed by atoms with E-state index in [2.05, 4.69) is 0 Å². The molecule has 2 aromatic rings. The summed E-state index contributed by atoms with van der Waals surface area (Å²) < 4.78 is 15.5. The largest absolute Gasteiger partial charge is 0.477 e. The van der Waals surface area contributed by atoms with Crippen LogP contribution in [0.2, 0.25) is 0 Å². The Bertz CT molecular complexity index is 668. The van der Waals surface area contributed by atoms with Gasteiger partial charge >= 0.3 is 5.97 Å². The highest BCUT2D eigenvalue weighted by Crippen LogP contribution is 2.11. The number of carbonyl (C=O) groups is 1. The van der Waals surface area contributed by atoms with Crippen LogP contribution in [0.3, 0.4) is 0 Å². The number of aromatic carboxylic acids is 1. The van der Waals surface area contributed by atoms with Gasteiger partial charge in [-0.05, 0) is 31.2 Å². The van der Waals surface area contributed by atoms with Crippen LogP contribution in [0.5, 0.6) is 0 Å². The number of rotatable bonds is 2. The van der Waals surface area contributed by atoms with Gasteiger partial charge in [0.05, 0.1) is 11.4 Å². The Kier molecular flexibility index (Phi) is 2.78. The lowest BCUT2D eigenvalue weighted by Crippen LogP contribution is -2.22. The second kappa shape index (κ2) is 4.14. The van der Waals surface area contributed by atoms with Gasteiger partial charge in [-0.1, -0.05) is 0 Å². The highest BCUT2D eigenvalue weighted by atomic mass is 19.1. The molecular weight excluding hydrogens is 239 g/mol. The lowest BCUT2D eigenvalue weighted by Gasteiger charge is -2.07. The molecular formula is C12H11FN2O3. The van der Waals surface area contributed by atoms with E-state index in [0.717, 1.165) is 0 Å². The summed E-state index contributed by atoms with van der Waals surface area (Å²) in [6, 6.07) is 5.26. The van der Waals surface area contributed by atoms with Crippen LogP contribution in [-0.2, 0) is 7.05 Å². The number of halogens is 1. The Morgan fingerprint density at radius 3 is 2.28 bits per heavy atom. The van der Waals surface area contributed by atoms with Crippen molar-refractivity contribution in [3.05, 3.63) is 51.7 Å². The van der Waals surface area contributed by atoms with Crippen LogP contribution in [-0.4, -0.2) is 20.4 Å². The van der Waals surface area contributed by atoms with Crippen LogP contribution in [0.15, 0.2) is 29.1 Å². The molecule has 1 N–H and O–H groups in total. The molecule has 0 aliphatic heterocycles. The average Bonchev–Trinajstić information content (AvgIpc) is 2.52. The first kappa shape index (κ1) is 12.1. The van der Waals surface area contributed by atoms with E-state index in [1.807, 2.05) is 0 Å². The summed E-state index contributed by atoms with van der Waals surface area (Å²) in [5.74, 6) is -1.69. The minimum Gasteiger partial charge on any atom is -0.477 e. The molecule has 0 spiro atoms. The molecule has 18 heavy (non-hydrogen) atoms. The standard InChI is InChI=1S/C12H11FN2O3/c1-7-10(12(17)18)11(16)15(14(7)2)9-5-3-8(13)4-6-9/h3-6H,1-2H3,(H,17,18). The summed E-state index contributed by atoms with van der Waals surface area (Å²) in [5, 5.41) is 8.99. The first-order chi connectivity index (χ1) is 8.43. The molecule has 94 valence electrons. The zero-order valence-electron chi connectivity index (χ0n) is 9.85. The van der Waals surface area contributed by atoms with Gasteiger partial charge in [0.1, 0.15) is 11.4 Å². The van der Waals surface area contributed by atoms with Crippen LogP contribution in [0.25, 0.3) is 5.69 Å². The highest BCUT2D eigenvalue weighted by molar-refractivity contribution is 5.88. The molecule has 6 heteroatoms. The van der Waals surface area contributed by atoms with E-state index in [1.165, 1.54) is 33.6 Å². The van der Waals surface area contributed by atoms with Crippen molar-refractivity contribution in [2.24, 2.45) is 7.05 Å². The van der Waals surface area contributed by atoms with Crippen molar-refractivity contribution in [1.82, 2.24) is 9.36 Å². The highest BCUT2D eigenvalue weighted by Gasteiger charge is 2.21. The number of carboxylic acid groups (broad SMARTS) is 1. The fraction of sp³-hybridized carbons (Fsp3) is 0.167. The van der Waals surface area contributed by atoms with Gasteiger partial charge < -0.3 is 5.11 Å². The third-order valence-electron chi connectivity index (χ3n) is 2.84. The molecule has 1 aromatic carbocycles. The molecule has 0 saturated carbocycles. The normalized spacial score (nSPS) is 10.6. The zero-order valence-corrected chi connectivity index (χ0v) is 9.85. The smallest absolute Gasteiger partial charge is 0.343 e. The van der Waals surface area contributed by atoms with Crippen molar-refractivity contribution in [3.63, 3.8) is 0 Å². The van der Waals surface area contributed by atoms with Gasteiger partial charge in [0, 0.05) is 7.05 Å². The second-order valence-electron chi connectivity index (χ2n) is 3.88. The molecule has 1 heterocycles. The maximum atomic E-state index is 12.8. The predicted molar refractivity (Wildman–Crippen MR) is 62.7 cm³/mol. The first-order valence-electron chi connectivity index (χ1n) is 5.21. The maximum absolute atomic E-state index is 12.8. The number of aromatic nitrogens is 2. The molecule has 0 saturated heterocycles. The molecule has 0 aliphatic carbocycles. The molecule has 0 radical (unpaired) electrons. The quantitative estimate of drug-likeness (QED) is 0.874. The van der Waals surface area contributed by atoms with Crippen LogP contribution in [0, 0.1) is 12.7 Å². The van der Waals surface area contributed by atoms with E-state index in [1.54, 1.807) is 14.0 Å². The van der Waals surface area contributed by atoms with Crippen LogP contribution in [0.4, 0.5) is 4.39 Å². The lowest BCUT2D eigenvalue weighted by atomic mass is 10.2. The molecule has 0 atom stereocenters. The van der Waals surface area contributed by atoms with Gasteiger partial charge in [0.15, 0.2) is 0 Å². The van der Waals surface area contributed by atoms with Crippen LogP contribution >= 0.6 is 0 Å². The summed E-state index contributed by atoms with van der Waals surface area (Å²) in [4.78, 5) is 23.0. The number of hydrogen-bond donors (Lipinski definition) is 1. The Morgan fingerprint density at radius 2 is 1.83 bits per heavy atom. The van der Waals surface area contributed by atoms with E-state index in [-0.39, 0.29) is 5.56 Å². The molecule has 0 unspecified atom stereocenters. The fourth-order valence-corrected chi connectivity index (χ4v) is 1.83. The van der Waals surface area contributed by atoms with Crippen molar-refractivity contribution in [3.8, 4) is 5.69 Å². The summed E-state index contributed by atoms with van der Waals surface area (Å²) in [6.07, 6.45) is 0. The van der Waals surface area contributed by atoms with E-state index in [0.29, 0.717) is 11.4 Å². The predicted octanol–water partition coefficient (Wildman–Crippen LogP) is 1.32. The lowest BCUT2D eigenvalue weighted by molar-refractivity contribution is 0.0694. The third kappa shape index (κ3) is 1.71. The number of carboxylic acids is 1. The Balaban J connectivity index is 2.73. The second-order valence-corrected chi connectivity index (χ2v) is 3.88. The van der Waals surface area contributed by atoms with Gasteiger partial charge in [0.2, 0.25) is 0 Å². The van der Waals surface area contributed by atoms with Gasteiger partial charge in [-0.3, -0.25) is 9.48 Å². The number of hydrogen-bond acceptors (Lipinski definition) is 2. The van der Waals surface area contributed by atoms with Crippen molar-refractivity contribution < 1.29 is 14.3 Å². The van der Waals surface area contributed by atoms with Crippen LogP contribution < -0.4 is 5.56 Å². The molecule has 0 aliphatic rings. The van der Waals surface area contributed by atoms with Gasteiger partial charge in [-0.2, -0.15) is 0 Å². The van der Waals surface area contributed by atoms with Crippen molar-refractivity contribution in [2.45, 2.75) is 6.92 Å². The van der Waals surface area contributed by atoms with E-state index in [9.17, 15) is 14.0 Å². The topological polar surface area (TPSA) is 64.2 Å². The van der Waals surface area contributed by atoms with Crippen LogP contribution in [0.1, 0.15) is 16.1 Å². The minimum absolute atomic E-state index is 0.276. The van der Waals surface area contributed by atoms with Gasteiger partial charge in [0.25, 0.3) is 5.56 Å². The number of benzene rings is 1. The Hall–Kier alpha value is -2.37. The first-order valence-corrected chi connectivity index (χ1v) is 5.21. The Morgan fingerprint density at radius 1 is 1.28 bits per heavy atom. The van der Waals surface area contributed by atoms with Crippen molar-refractivity contribution >= 4 is 5.97 Å². The summed E-state index contributed by atoms with van der Waals surface area (Å²) in [5.41, 5.74) is -0.146. The van der Waals surface area contributed by atoms with E-state index < -0.39 is 17.3 Å². The Labute approximate surface area is 102 Å². The number of nitrogens with zero attached hydrogens (tertiary/aromatic N) is 2. The maximum Gasteiger partial charge on any atom is 0.343 e. The molecule has 0 fully saturated rings. The van der Waals surface area contributed by atoms with Crippen molar-refractivity contribution in [1.29, 1.82) is 0 Å². The molecule has 5 nitrogen and oxygen atoms in total. The summed E-state index contributed by atoms with van der Waals surface area (Å²) >= 11 is 0. The fourth-order valence-electron chi connectivity index (χ4n) is 1.83. The van der Waals surface area contributed by atoms with Gasteiger partial charge in [-0.25, -0.2) is 13.9 Å². The van der Waals surface area contributed by atoms with Crippen molar-refractivity contribution in [2.75, 3.05) is 0 Å².